The topological polar surface area (TPSA) is 27.1 Å². The van der Waals surface area contributed by atoms with Crippen LogP contribution in [0.15, 0.2) is 67.3 Å². The molecule has 0 radical (unpaired) electrons. The predicted octanol–water partition coefficient (Wildman–Crippen LogP) is 5.05. The minimum Gasteiger partial charge on any atom is -0.493 e. The normalized spacial score (nSPS) is 12.1. The van der Waals surface area contributed by atoms with Crippen LogP contribution in [-0.2, 0) is 6.54 Å². The summed E-state index contributed by atoms with van der Waals surface area (Å²) < 4.78 is 7.98. The number of hydrogen-bond donors (Lipinski definition) is 0. The number of nitrogens with zero attached hydrogens (tertiary/aromatic N) is 2. The maximum atomic E-state index is 5.99. The van der Waals surface area contributed by atoms with Gasteiger partial charge in [0.05, 0.1) is 12.9 Å². The van der Waals surface area contributed by atoms with Crippen molar-refractivity contribution in [3.63, 3.8) is 0 Å². The smallest absolute Gasteiger partial charge is 0.119 e. The molecule has 0 unspecified atom stereocenters. The van der Waals surface area contributed by atoms with Crippen LogP contribution in [0.5, 0.6) is 5.75 Å². The highest BCUT2D eigenvalue weighted by Gasteiger charge is 2.14. The van der Waals surface area contributed by atoms with Gasteiger partial charge in [-0.15, -0.1) is 0 Å². The van der Waals surface area contributed by atoms with Crippen molar-refractivity contribution in [1.29, 1.82) is 0 Å². The molecule has 0 fully saturated rings. The average molecular weight is 347 g/mol. The molecule has 1 heterocycles. The van der Waals surface area contributed by atoms with E-state index in [-0.39, 0.29) is 5.92 Å². The van der Waals surface area contributed by atoms with Crippen LogP contribution < -0.4 is 4.74 Å². The number of hydrogen-bond acceptors (Lipinski definition) is 2. The van der Waals surface area contributed by atoms with E-state index in [1.807, 2.05) is 65.6 Å². The van der Waals surface area contributed by atoms with Crippen molar-refractivity contribution in [2.24, 2.45) is 0 Å². The third-order valence-electron chi connectivity index (χ3n) is 3.60. The largest absolute Gasteiger partial charge is 0.493 e. The molecule has 3 nitrogen and oxygen atoms in total. The zero-order valence-electron chi connectivity index (χ0n) is 12.4. The monoisotopic (exact) mass is 346 g/mol. The van der Waals surface area contributed by atoms with Crippen molar-refractivity contribution in [3.05, 3.63) is 82.9 Å². The summed E-state index contributed by atoms with van der Waals surface area (Å²) in [6.07, 6.45) is 5.54. The molecule has 2 aromatic carbocycles. The lowest BCUT2D eigenvalue weighted by Crippen LogP contribution is -2.16. The molecule has 0 aliphatic carbocycles. The lowest BCUT2D eigenvalue weighted by Gasteiger charge is -2.19. The highest BCUT2D eigenvalue weighted by atomic mass is 35.5. The van der Waals surface area contributed by atoms with Gasteiger partial charge in [0.2, 0.25) is 0 Å². The van der Waals surface area contributed by atoms with Crippen LogP contribution in [0.2, 0.25) is 10.0 Å². The first-order chi connectivity index (χ1) is 11.2. The van der Waals surface area contributed by atoms with Crippen LogP contribution in [0.25, 0.3) is 0 Å². The van der Waals surface area contributed by atoms with Gasteiger partial charge in [-0.2, -0.15) is 0 Å². The van der Waals surface area contributed by atoms with Crippen molar-refractivity contribution in [2.75, 3.05) is 6.61 Å². The summed E-state index contributed by atoms with van der Waals surface area (Å²) in [6, 6.07) is 15.3. The summed E-state index contributed by atoms with van der Waals surface area (Å²) in [5.41, 5.74) is 1.18. The first-order valence-electron chi connectivity index (χ1n) is 7.30. The second kappa shape index (κ2) is 7.53. The lowest BCUT2D eigenvalue weighted by atomic mass is 10.00. The second-order valence-electron chi connectivity index (χ2n) is 5.27. The fourth-order valence-corrected chi connectivity index (χ4v) is 2.62. The Balaban J connectivity index is 1.74. The van der Waals surface area contributed by atoms with Gasteiger partial charge >= 0.3 is 0 Å². The molecule has 0 bridgehead atoms. The SMILES string of the molecule is Clc1ccc(OC[C@@H](Cn2ccnc2)c2ccc(Cl)cc2)cc1. The Bertz CT molecular complexity index is 725. The highest BCUT2D eigenvalue weighted by molar-refractivity contribution is 6.30. The van der Waals surface area contributed by atoms with Gasteiger partial charge in [0.15, 0.2) is 0 Å². The molecular weight excluding hydrogens is 331 g/mol. The molecule has 23 heavy (non-hydrogen) atoms. The van der Waals surface area contributed by atoms with E-state index in [1.54, 1.807) is 6.20 Å². The molecule has 0 amide bonds. The van der Waals surface area contributed by atoms with E-state index in [9.17, 15) is 0 Å². The molecule has 3 aromatic rings. The molecule has 0 N–H and O–H groups in total. The van der Waals surface area contributed by atoms with E-state index in [0.717, 1.165) is 17.3 Å². The summed E-state index contributed by atoms with van der Waals surface area (Å²) in [5, 5.41) is 1.43. The van der Waals surface area contributed by atoms with Crippen molar-refractivity contribution in [3.8, 4) is 5.75 Å². The van der Waals surface area contributed by atoms with E-state index in [1.165, 1.54) is 5.56 Å². The van der Waals surface area contributed by atoms with E-state index in [2.05, 4.69) is 4.98 Å². The summed E-state index contributed by atoms with van der Waals surface area (Å²) in [4.78, 5) is 4.10. The van der Waals surface area contributed by atoms with Gasteiger partial charge < -0.3 is 9.30 Å². The molecule has 0 aliphatic heterocycles. The van der Waals surface area contributed by atoms with Gasteiger partial charge in [0.1, 0.15) is 5.75 Å². The van der Waals surface area contributed by atoms with E-state index < -0.39 is 0 Å². The molecule has 1 aromatic heterocycles. The first kappa shape index (κ1) is 15.9. The molecule has 3 rings (SSSR count). The Kier molecular flexibility index (Phi) is 5.21. The zero-order valence-corrected chi connectivity index (χ0v) is 13.9. The molecule has 0 spiro atoms. The molecule has 0 saturated carbocycles. The Morgan fingerprint density at radius 1 is 0.957 bits per heavy atom. The van der Waals surface area contributed by atoms with Crippen molar-refractivity contribution < 1.29 is 4.74 Å². The van der Waals surface area contributed by atoms with Gasteiger partial charge in [0, 0.05) is 34.9 Å². The van der Waals surface area contributed by atoms with Gasteiger partial charge in [-0.25, -0.2) is 4.98 Å². The van der Waals surface area contributed by atoms with Crippen LogP contribution >= 0.6 is 23.2 Å². The summed E-state index contributed by atoms with van der Waals surface area (Å²) in [6.45, 7) is 1.34. The Morgan fingerprint density at radius 3 is 2.22 bits per heavy atom. The van der Waals surface area contributed by atoms with Gasteiger partial charge in [-0.3, -0.25) is 0 Å². The fourth-order valence-electron chi connectivity index (χ4n) is 2.37. The van der Waals surface area contributed by atoms with Crippen LogP contribution in [0.4, 0.5) is 0 Å². The third-order valence-corrected chi connectivity index (χ3v) is 4.10. The average Bonchev–Trinajstić information content (AvgIpc) is 3.07. The summed E-state index contributed by atoms with van der Waals surface area (Å²) in [7, 11) is 0. The molecule has 0 aliphatic rings. The van der Waals surface area contributed by atoms with Gasteiger partial charge in [-0.1, -0.05) is 35.3 Å². The van der Waals surface area contributed by atoms with Crippen LogP contribution in [0.3, 0.4) is 0 Å². The Morgan fingerprint density at radius 2 is 1.61 bits per heavy atom. The highest BCUT2D eigenvalue weighted by Crippen LogP contribution is 2.23. The minimum absolute atomic E-state index is 0.192. The number of halogens is 2. The number of rotatable bonds is 6. The fraction of sp³-hybridized carbons (Fsp3) is 0.167. The first-order valence-corrected chi connectivity index (χ1v) is 8.06. The van der Waals surface area contributed by atoms with Crippen molar-refractivity contribution in [2.45, 2.75) is 12.5 Å². The molecule has 5 heteroatoms. The van der Waals surface area contributed by atoms with E-state index in [0.29, 0.717) is 11.6 Å². The third kappa shape index (κ3) is 4.50. The van der Waals surface area contributed by atoms with Gasteiger partial charge in [0.25, 0.3) is 0 Å². The number of ether oxygens (including phenoxy) is 1. The summed E-state index contributed by atoms with van der Waals surface area (Å²) >= 11 is 11.9. The molecular formula is C18H16Cl2N2O. The van der Waals surface area contributed by atoms with Crippen molar-refractivity contribution in [1.82, 2.24) is 9.55 Å². The maximum Gasteiger partial charge on any atom is 0.119 e. The van der Waals surface area contributed by atoms with E-state index in [4.69, 9.17) is 27.9 Å². The number of benzene rings is 2. The number of aromatic nitrogens is 2. The van der Waals surface area contributed by atoms with Crippen molar-refractivity contribution >= 4 is 23.2 Å². The lowest BCUT2D eigenvalue weighted by molar-refractivity contribution is 0.275. The van der Waals surface area contributed by atoms with Crippen LogP contribution in [0, 0.1) is 0 Å². The predicted molar refractivity (Wildman–Crippen MR) is 93.4 cm³/mol. The van der Waals surface area contributed by atoms with Gasteiger partial charge in [-0.05, 0) is 42.0 Å². The van der Waals surface area contributed by atoms with Crippen LogP contribution in [-0.4, -0.2) is 16.2 Å². The summed E-state index contributed by atoms with van der Waals surface area (Å²) in [5.74, 6) is 0.996. The van der Waals surface area contributed by atoms with Crippen LogP contribution in [0.1, 0.15) is 11.5 Å². The number of imidazole rings is 1. The van der Waals surface area contributed by atoms with E-state index >= 15 is 0 Å². The zero-order chi connectivity index (χ0) is 16.1. The standard InChI is InChI=1S/C18H16Cl2N2O/c19-16-3-1-14(2-4-16)15(11-22-10-9-21-13-22)12-23-18-7-5-17(20)6-8-18/h1-10,13,15H,11-12H2/t15-/m1/s1. The molecule has 118 valence electrons. The molecule has 0 saturated heterocycles. The quantitative estimate of drug-likeness (QED) is 0.624. The molecule has 1 atom stereocenters. The second-order valence-corrected chi connectivity index (χ2v) is 6.15. The maximum absolute atomic E-state index is 5.99. The Hall–Kier alpha value is -1.97. The Labute approximate surface area is 145 Å². The minimum atomic E-state index is 0.192.